The summed E-state index contributed by atoms with van der Waals surface area (Å²) in [6.07, 6.45) is 3.37. The smallest absolute Gasteiger partial charge is 0.127 e. The summed E-state index contributed by atoms with van der Waals surface area (Å²) in [7, 11) is 6.41. The van der Waals surface area contributed by atoms with Crippen LogP contribution < -0.4 is 4.74 Å². The first-order valence-electron chi connectivity index (χ1n) is 9.83. The van der Waals surface area contributed by atoms with E-state index in [-0.39, 0.29) is 0 Å². The van der Waals surface area contributed by atoms with Crippen molar-refractivity contribution in [1.29, 1.82) is 0 Å². The third-order valence-electron chi connectivity index (χ3n) is 5.42. The van der Waals surface area contributed by atoms with Gasteiger partial charge in [0.1, 0.15) is 11.5 Å². The number of ether oxygens (including phenoxy) is 1. The van der Waals surface area contributed by atoms with E-state index in [0.717, 1.165) is 35.8 Å². The number of hydrogen-bond donors (Lipinski definition) is 0. The minimum atomic E-state index is 0.611. The molecule has 1 fully saturated rings. The van der Waals surface area contributed by atoms with E-state index in [2.05, 4.69) is 42.2 Å². The van der Waals surface area contributed by atoms with Gasteiger partial charge in [0, 0.05) is 43.5 Å². The van der Waals surface area contributed by atoms with E-state index in [9.17, 15) is 0 Å². The number of likely N-dealkylation sites (N-methyl/N-ethyl adjacent to an activating group) is 2. The molecule has 1 aliphatic heterocycles. The van der Waals surface area contributed by atoms with Crippen LogP contribution >= 0.6 is 0 Å². The summed E-state index contributed by atoms with van der Waals surface area (Å²) in [6, 6.07) is 18.7. The van der Waals surface area contributed by atoms with Crippen LogP contribution in [0.15, 0.2) is 60.8 Å². The number of para-hydroxylation sites is 1. The largest absolute Gasteiger partial charge is 0.457 e. The second-order valence-corrected chi connectivity index (χ2v) is 7.74. The molecule has 2 heterocycles. The SMILES string of the molecule is CN1CCC(N(C)Cc2cn(C)nc2-c2ccc(Oc3ccccc3)cc2)C1. The molecule has 0 radical (unpaired) electrons. The maximum atomic E-state index is 5.91. The zero-order valence-electron chi connectivity index (χ0n) is 16.9. The first-order chi connectivity index (χ1) is 13.6. The monoisotopic (exact) mass is 376 g/mol. The molecule has 146 valence electrons. The maximum absolute atomic E-state index is 5.91. The number of aromatic nitrogens is 2. The van der Waals surface area contributed by atoms with Gasteiger partial charge in [-0.1, -0.05) is 18.2 Å². The standard InChI is InChI=1S/C23H28N4O/c1-25-14-13-20(17-25)26(2)15-19-16-27(3)24-23(19)18-9-11-22(12-10-18)28-21-7-5-4-6-8-21/h4-12,16,20H,13-15,17H2,1-3H3. The summed E-state index contributed by atoms with van der Waals surface area (Å²) >= 11 is 0. The lowest BCUT2D eigenvalue weighted by atomic mass is 10.1. The highest BCUT2D eigenvalue weighted by atomic mass is 16.5. The van der Waals surface area contributed by atoms with E-state index in [1.807, 2.05) is 54.2 Å². The van der Waals surface area contributed by atoms with Crippen LogP contribution in [0.2, 0.25) is 0 Å². The summed E-state index contributed by atoms with van der Waals surface area (Å²) in [5, 5.41) is 4.73. The van der Waals surface area contributed by atoms with Crippen LogP contribution in [-0.2, 0) is 13.6 Å². The van der Waals surface area contributed by atoms with Crippen molar-refractivity contribution in [3.05, 3.63) is 66.4 Å². The summed E-state index contributed by atoms with van der Waals surface area (Å²) in [6.45, 7) is 3.22. The minimum absolute atomic E-state index is 0.611. The fourth-order valence-electron chi connectivity index (χ4n) is 3.87. The second kappa shape index (κ2) is 8.17. The van der Waals surface area contributed by atoms with Crippen LogP contribution in [0.1, 0.15) is 12.0 Å². The number of likely N-dealkylation sites (tertiary alicyclic amines) is 1. The van der Waals surface area contributed by atoms with Gasteiger partial charge in [0.2, 0.25) is 0 Å². The molecular formula is C23H28N4O. The van der Waals surface area contributed by atoms with Gasteiger partial charge >= 0.3 is 0 Å². The van der Waals surface area contributed by atoms with Crippen LogP contribution in [0.3, 0.4) is 0 Å². The molecule has 5 nitrogen and oxygen atoms in total. The van der Waals surface area contributed by atoms with E-state index < -0.39 is 0 Å². The van der Waals surface area contributed by atoms with Gasteiger partial charge in [-0.05, 0) is 63.5 Å². The Bertz CT molecular complexity index is 904. The zero-order chi connectivity index (χ0) is 19.5. The Kier molecular flexibility index (Phi) is 5.46. The van der Waals surface area contributed by atoms with Crippen molar-refractivity contribution < 1.29 is 4.74 Å². The molecule has 0 saturated carbocycles. The van der Waals surface area contributed by atoms with E-state index in [1.54, 1.807) is 0 Å². The maximum Gasteiger partial charge on any atom is 0.127 e. The van der Waals surface area contributed by atoms with E-state index in [0.29, 0.717) is 6.04 Å². The Balaban J connectivity index is 1.49. The molecule has 0 bridgehead atoms. The van der Waals surface area contributed by atoms with Gasteiger partial charge in [-0.3, -0.25) is 9.58 Å². The lowest BCUT2D eigenvalue weighted by molar-refractivity contribution is 0.234. The molecule has 2 aromatic carbocycles. The van der Waals surface area contributed by atoms with Crippen LogP contribution in [-0.4, -0.2) is 52.8 Å². The van der Waals surface area contributed by atoms with Gasteiger partial charge < -0.3 is 9.64 Å². The van der Waals surface area contributed by atoms with Crippen LogP contribution in [0, 0.1) is 0 Å². The third-order valence-corrected chi connectivity index (χ3v) is 5.42. The Labute approximate surface area is 167 Å². The summed E-state index contributed by atoms with van der Waals surface area (Å²) in [5.41, 5.74) is 3.43. The van der Waals surface area contributed by atoms with Crippen molar-refractivity contribution in [3.63, 3.8) is 0 Å². The van der Waals surface area contributed by atoms with E-state index >= 15 is 0 Å². The van der Waals surface area contributed by atoms with Crippen molar-refractivity contribution in [2.75, 3.05) is 27.2 Å². The lowest BCUT2D eigenvalue weighted by Gasteiger charge is -2.24. The van der Waals surface area contributed by atoms with Crippen LogP contribution in [0.25, 0.3) is 11.3 Å². The lowest BCUT2D eigenvalue weighted by Crippen LogP contribution is -2.33. The molecule has 0 amide bonds. The highest BCUT2D eigenvalue weighted by Crippen LogP contribution is 2.28. The molecule has 1 saturated heterocycles. The number of aryl methyl sites for hydroxylation is 1. The molecule has 0 N–H and O–H groups in total. The van der Waals surface area contributed by atoms with Crippen molar-refractivity contribution in [2.24, 2.45) is 7.05 Å². The Morgan fingerprint density at radius 2 is 1.75 bits per heavy atom. The highest BCUT2D eigenvalue weighted by Gasteiger charge is 2.24. The topological polar surface area (TPSA) is 33.5 Å². The number of nitrogens with zero attached hydrogens (tertiary/aromatic N) is 4. The normalized spacial score (nSPS) is 17.4. The van der Waals surface area contributed by atoms with Gasteiger partial charge in [-0.25, -0.2) is 0 Å². The van der Waals surface area contributed by atoms with E-state index in [4.69, 9.17) is 9.84 Å². The number of rotatable bonds is 6. The fraction of sp³-hybridized carbons (Fsp3) is 0.348. The highest BCUT2D eigenvalue weighted by molar-refractivity contribution is 5.63. The predicted octanol–water partition coefficient (Wildman–Crippen LogP) is 4.02. The third kappa shape index (κ3) is 4.26. The Hall–Kier alpha value is -2.63. The molecule has 0 spiro atoms. The van der Waals surface area contributed by atoms with Crippen molar-refractivity contribution in [1.82, 2.24) is 19.6 Å². The van der Waals surface area contributed by atoms with Gasteiger partial charge in [-0.15, -0.1) is 0 Å². The zero-order valence-corrected chi connectivity index (χ0v) is 16.9. The molecule has 3 aromatic rings. The first-order valence-corrected chi connectivity index (χ1v) is 9.83. The molecule has 0 aliphatic carbocycles. The van der Waals surface area contributed by atoms with Gasteiger partial charge in [-0.2, -0.15) is 5.10 Å². The Morgan fingerprint density at radius 1 is 1.04 bits per heavy atom. The van der Waals surface area contributed by atoms with Crippen molar-refractivity contribution in [3.8, 4) is 22.8 Å². The van der Waals surface area contributed by atoms with Gasteiger partial charge in [0.25, 0.3) is 0 Å². The average molecular weight is 377 g/mol. The number of benzene rings is 2. The molecular weight excluding hydrogens is 348 g/mol. The van der Waals surface area contributed by atoms with Gasteiger partial charge in [0.05, 0.1) is 5.69 Å². The molecule has 1 unspecified atom stereocenters. The molecule has 1 atom stereocenters. The molecule has 4 rings (SSSR count). The predicted molar refractivity (Wildman–Crippen MR) is 113 cm³/mol. The van der Waals surface area contributed by atoms with Crippen LogP contribution in [0.5, 0.6) is 11.5 Å². The summed E-state index contributed by atoms with van der Waals surface area (Å²) < 4.78 is 7.82. The van der Waals surface area contributed by atoms with Crippen molar-refractivity contribution >= 4 is 0 Å². The molecule has 28 heavy (non-hydrogen) atoms. The molecule has 1 aromatic heterocycles. The Morgan fingerprint density at radius 3 is 2.43 bits per heavy atom. The van der Waals surface area contributed by atoms with Crippen LogP contribution in [0.4, 0.5) is 0 Å². The average Bonchev–Trinajstić information content (AvgIpc) is 3.29. The fourth-order valence-corrected chi connectivity index (χ4v) is 3.87. The second-order valence-electron chi connectivity index (χ2n) is 7.74. The molecule has 5 heteroatoms. The minimum Gasteiger partial charge on any atom is -0.457 e. The number of hydrogen-bond acceptors (Lipinski definition) is 4. The van der Waals surface area contributed by atoms with E-state index in [1.165, 1.54) is 18.5 Å². The summed E-state index contributed by atoms with van der Waals surface area (Å²) in [5.74, 6) is 1.68. The quantitative estimate of drug-likeness (QED) is 0.651. The summed E-state index contributed by atoms with van der Waals surface area (Å²) in [4.78, 5) is 4.85. The van der Waals surface area contributed by atoms with Gasteiger partial charge in [0.15, 0.2) is 0 Å². The first kappa shape index (κ1) is 18.7. The molecule has 1 aliphatic rings. The van der Waals surface area contributed by atoms with Crippen molar-refractivity contribution in [2.45, 2.75) is 19.0 Å².